The Labute approximate surface area is 72.3 Å². The molecule has 0 unspecified atom stereocenters. The van der Waals surface area contributed by atoms with Crippen LogP contribution < -0.4 is 0 Å². The van der Waals surface area contributed by atoms with Gasteiger partial charge in [-0.1, -0.05) is 6.07 Å². The molecule has 12 heavy (non-hydrogen) atoms. The summed E-state index contributed by atoms with van der Waals surface area (Å²) < 4.78 is 0.666. The molecule has 0 atom stereocenters. The van der Waals surface area contributed by atoms with Gasteiger partial charge in [0.15, 0.2) is 11.3 Å². The Morgan fingerprint density at radius 1 is 1.50 bits per heavy atom. The smallest absolute Gasteiger partial charge is 0.178 e. The van der Waals surface area contributed by atoms with Crippen molar-refractivity contribution in [3.05, 3.63) is 23.2 Å². The second-order valence-electron chi connectivity index (χ2n) is 2.30. The number of benzene rings is 1. The van der Waals surface area contributed by atoms with Crippen LogP contribution in [0.4, 0.5) is 0 Å². The first-order valence-corrected chi connectivity index (χ1v) is 4.16. The highest BCUT2D eigenvalue weighted by atomic mass is 32.1. The number of rotatable bonds is 1. The average Bonchev–Trinajstić information content (AvgIpc) is 2.49. The van der Waals surface area contributed by atoms with Crippen LogP contribution in [0.15, 0.2) is 18.2 Å². The van der Waals surface area contributed by atoms with Crippen molar-refractivity contribution in [3.8, 4) is 5.75 Å². The van der Waals surface area contributed by atoms with E-state index < -0.39 is 0 Å². The number of aldehydes is 1. The molecule has 1 heterocycles. The van der Waals surface area contributed by atoms with Crippen molar-refractivity contribution in [3.63, 3.8) is 0 Å². The molecule has 0 saturated carbocycles. The first-order valence-electron chi connectivity index (χ1n) is 3.35. The molecule has 1 aromatic heterocycles. The van der Waals surface area contributed by atoms with E-state index in [0.717, 1.165) is 0 Å². The zero-order valence-electron chi connectivity index (χ0n) is 6.02. The van der Waals surface area contributed by atoms with Gasteiger partial charge in [-0.15, -0.1) is 11.3 Å². The third kappa shape index (κ3) is 0.967. The van der Waals surface area contributed by atoms with Gasteiger partial charge in [0.2, 0.25) is 0 Å². The van der Waals surface area contributed by atoms with E-state index in [1.807, 2.05) is 0 Å². The Kier molecular flexibility index (Phi) is 1.55. The highest BCUT2D eigenvalue weighted by Crippen LogP contribution is 2.29. The summed E-state index contributed by atoms with van der Waals surface area (Å²) in [6.45, 7) is 0. The van der Waals surface area contributed by atoms with Gasteiger partial charge >= 0.3 is 0 Å². The van der Waals surface area contributed by atoms with E-state index >= 15 is 0 Å². The monoisotopic (exact) mass is 179 g/mol. The first-order chi connectivity index (χ1) is 5.81. The van der Waals surface area contributed by atoms with Crippen LogP contribution in [-0.4, -0.2) is 16.4 Å². The van der Waals surface area contributed by atoms with Gasteiger partial charge in [0.25, 0.3) is 0 Å². The van der Waals surface area contributed by atoms with Crippen LogP contribution >= 0.6 is 11.3 Å². The topological polar surface area (TPSA) is 50.2 Å². The third-order valence-electron chi connectivity index (χ3n) is 1.51. The molecule has 2 aromatic rings. The Morgan fingerprint density at radius 3 is 3.00 bits per heavy atom. The summed E-state index contributed by atoms with van der Waals surface area (Å²) >= 11 is 1.19. The van der Waals surface area contributed by atoms with Crippen molar-refractivity contribution in [2.45, 2.75) is 0 Å². The number of phenolic OH excluding ortho intramolecular Hbond substituents is 1. The van der Waals surface area contributed by atoms with Gasteiger partial charge in [0, 0.05) is 0 Å². The number of fused-ring (bicyclic) bond motifs is 1. The predicted molar refractivity (Wildman–Crippen MR) is 46.7 cm³/mol. The van der Waals surface area contributed by atoms with E-state index in [9.17, 15) is 9.90 Å². The summed E-state index contributed by atoms with van der Waals surface area (Å²) in [6.07, 6.45) is 0.685. The van der Waals surface area contributed by atoms with Gasteiger partial charge in [0.05, 0.1) is 10.2 Å². The van der Waals surface area contributed by atoms with Crippen LogP contribution in [0.25, 0.3) is 10.2 Å². The zero-order chi connectivity index (χ0) is 8.55. The molecule has 0 amide bonds. The molecule has 0 spiro atoms. The molecule has 0 aliphatic heterocycles. The van der Waals surface area contributed by atoms with Crippen molar-refractivity contribution in [2.24, 2.45) is 0 Å². The second kappa shape index (κ2) is 2.57. The average molecular weight is 179 g/mol. The minimum Gasteiger partial charge on any atom is -0.506 e. The number of aromatic nitrogens is 1. The Morgan fingerprint density at radius 2 is 2.33 bits per heavy atom. The number of hydrogen-bond acceptors (Lipinski definition) is 4. The Bertz CT molecular complexity index is 436. The second-order valence-corrected chi connectivity index (χ2v) is 3.33. The van der Waals surface area contributed by atoms with Crippen molar-refractivity contribution >= 4 is 27.8 Å². The largest absolute Gasteiger partial charge is 0.506 e. The van der Waals surface area contributed by atoms with Gasteiger partial charge < -0.3 is 5.11 Å². The predicted octanol–water partition coefficient (Wildman–Crippen LogP) is 1.81. The summed E-state index contributed by atoms with van der Waals surface area (Å²) in [5.41, 5.74) is 0.669. The summed E-state index contributed by atoms with van der Waals surface area (Å²) in [6, 6.07) is 5.04. The number of aromatic hydroxyl groups is 1. The van der Waals surface area contributed by atoms with E-state index in [1.165, 1.54) is 11.3 Å². The van der Waals surface area contributed by atoms with E-state index in [0.29, 0.717) is 21.5 Å². The summed E-state index contributed by atoms with van der Waals surface area (Å²) in [5, 5.41) is 9.73. The molecule has 0 aliphatic rings. The molecular weight excluding hydrogens is 174 g/mol. The fourth-order valence-corrected chi connectivity index (χ4v) is 1.79. The molecule has 1 aromatic carbocycles. The highest BCUT2D eigenvalue weighted by Gasteiger charge is 2.05. The van der Waals surface area contributed by atoms with Gasteiger partial charge in [-0.05, 0) is 12.1 Å². The van der Waals surface area contributed by atoms with Crippen molar-refractivity contribution in [1.82, 2.24) is 4.98 Å². The number of nitrogens with zero attached hydrogens (tertiary/aromatic N) is 1. The minimum absolute atomic E-state index is 0.179. The van der Waals surface area contributed by atoms with Crippen LogP contribution in [0.5, 0.6) is 5.75 Å². The van der Waals surface area contributed by atoms with E-state index in [1.54, 1.807) is 18.2 Å². The van der Waals surface area contributed by atoms with Crippen LogP contribution in [-0.2, 0) is 0 Å². The van der Waals surface area contributed by atoms with Gasteiger partial charge in [-0.2, -0.15) is 0 Å². The molecule has 0 aliphatic carbocycles. The molecule has 0 bridgehead atoms. The van der Waals surface area contributed by atoms with Crippen molar-refractivity contribution in [2.75, 3.05) is 0 Å². The Balaban J connectivity index is 2.82. The maximum Gasteiger partial charge on any atom is 0.178 e. The molecule has 2 rings (SSSR count). The van der Waals surface area contributed by atoms with Crippen LogP contribution in [0.3, 0.4) is 0 Å². The van der Waals surface area contributed by atoms with Gasteiger partial charge in [-0.3, -0.25) is 4.79 Å². The molecule has 3 nitrogen and oxygen atoms in total. The Hall–Kier alpha value is -1.42. The summed E-state index contributed by atoms with van der Waals surface area (Å²) in [4.78, 5) is 14.3. The molecule has 0 fully saturated rings. The zero-order valence-corrected chi connectivity index (χ0v) is 6.84. The maximum atomic E-state index is 10.4. The van der Waals surface area contributed by atoms with Gasteiger partial charge in [0.1, 0.15) is 5.75 Å². The third-order valence-corrected chi connectivity index (χ3v) is 2.53. The first kappa shape index (κ1) is 7.24. The van der Waals surface area contributed by atoms with Crippen LogP contribution in [0, 0.1) is 0 Å². The van der Waals surface area contributed by atoms with Crippen LogP contribution in [0.2, 0.25) is 0 Å². The van der Waals surface area contributed by atoms with Crippen LogP contribution in [0.1, 0.15) is 9.80 Å². The van der Waals surface area contributed by atoms with Crippen molar-refractivity contribution in [1.29, 1.82) is 0 Å². The number of carbonyl (C=O) groups excluding carboxylic acids is 1. The van der Waals surface area contributed by atoms with Gasteiger partial charge in [-0.25, -0.2) is 4.98 Å². The summed E-state index contributed by atoms with van der Waals surface area (Å²) in [7, 11) is 0. The lowest BCUT2D eigenvalue weighted by Gasteiger charge is -1.89. The number of carbonyl (C=O) groups is 1. The molecule has 60 valence electrons. The number of phenols is 1. The normalized spacial score (nSPS) is 10.3. The SMILES string of the molecule is O=Cc1nc2cccc(O)c2s1. The van der Waals surface area contributed by atoms with E-state index in [-0.39, 0.29) is 5.75 Å². The number of hydrogen-bond donors (Lipinski definition) is 1. The highest BCUT2D eigenvalue weighted by molar-refractivity contribution is 7.20. The summed E-state index contributed by atoms with van der Waals surface area (Å²) in [5.74, 6) is 0.179. The fourth-order valence-electron chi connectivity index (χ4n) is 1.00. The van der Waals surface area contributed by atoms with E-state index in [4.69, 9.17) is 0 Å². The number of thiazole rings is 1. The molecule has 0 saturated heterocycles. The standard InChI is InChI=1S/C8H5NO2S/c10-4-7-9-5-2-1-3-6(11)8(5)12-7/h1-4,11H. The molecule has 4 heteroatoms. The minimum atomic E-state index is 0.179. The lowest BCUT2D eigenvalue weighted by atomic mass is 10.3. The maximum absolute atomic E-state index is 10.4. The van der Waals surface area contributed by atoms with E-state index in [2.05, 4.69) is 4.98 Å². The molecule has 0 radical (unpaired) electrons. The fraction of sp³-hybridized carbons (Fsp3) is 0. The lowest BCUT2D eigenvalue weighted by Crippen LogP contribution is -1.72. The molecular formula is C8H5NO2S. The molecule has 1 N–H and O–H groups in total. The quantitative estimate of drug-likeness (QED) is 0.679. The lowest BCUT2D eigenvalue weighted by molar-refractivity contribution is 0.112. The van der Waals surface area contributed by atoms with Crippen molar-refractivity contribution < 1.29 is 9.90 Å².